The fraction of sp³-hybridized carbons (Fsp3) is 0.263. The number of carbonyl (C=O) groups excluding carboxylic acids is 2. The summed E-state index contributed by atoms with van der Waals surface area (Å²) in [5, 5.41) is 12.6. The Hall–Kier alpha value is -2.34. The maximum atomic E-state index is 12.4. The summed E-state index contributed by atoms with van der Waals surface area (Å²) in [6, 6.07) is 12.6. The minimum Gasteiger partial charge on any atom is -0.508 e. The number of hydrogen-bond acceptors (Lipinski definition) is 3. The van der Waals surface area contributed by atoms with E-state index < -0.39 is 0 Å². The second-order valence-corrected chi connectivity index (χ2v) is 7.04. The fourth-order valence-corrected chi connectivity index (χ4v) is 3.16. The Labute approximate surface area is 154 Å². The number of halogens is 1. The molecule has 0 bridgehead atoms. The molecule has 2 aromatic rings. The van der Waals surface area contributed by atoms with E-state index in [9.17, 15) is 14.7 Å². The highest BCUT2D eigenvalue weighted by atomic mass is 79.9. The number of benzene rings is 2. The van der Waals surface area contributed by atoms with Gasteiger partial charge in [-0.25, -0.2) is 0 Å². The molecule has 0 spiro atoms. The fourth-order valence-electron chi connectivity index (χ4n) is 2.92. The van der Waals surface area contributed by atoms with E-state index in [1.165, 1.54) is 0 Å². The number of phenolic OH excluding ortho intramolecular Hbond substituents is 1. The van der Waals surface area contributed by atoms with E-state index >= 15 is 0 Å². The first kappa shape index (κ1) is 17.5. The first-order valence-corrected chi connectivity index (χ1v) is 8.86. The Morgan fingerprint density at radius 2 is 2.08 bits per heavy atom. The zero-order chi connectivity index (χ0) is 18.0. The predicted octanol–water partition coefficient (Wildman–Crippen LogP) is 3.13. The van der Waals surface area contributed by atoms with Crippen molar-refractivity contribution in [3.8, 4) is 5.75 Å². The van der Waals surface area contributed by atoms with Crippen LogP contribution in [-0.2, 0) is 16.1 Å². The van der Waals surface area contributed by atoms with Gasteiger partial charge in [0.25, 0.3) is 0 Å². The van der Waals surface area contributed by atoms with Gasteiger partial charge in [0.1, 0.15) is 5.75 Å². The van der Waals surface area contributed by atoms with Crippen LogP contribution in [0, 0.1) is 12.8 Å². The standard InChI is InChI=1S/C19H19BrN2O3/c1-12-8-15(6-7-16(12)20)22-11-14(9-18(22)24)19(25)21-10-13-4-2-3-5-17(13)23/h2-8,14,23H,9-11H2,1H3,(H,21,25). The van der Waals surface area contributed by atoms with Crippen LogP contribution in [0.4, 0.5) is 5.69 Å². The minimum absolute atomic E-state index is 0.0515. The van der Waals surface area contributed by atoms with E-state index in [0.29, 0.717) is 12.1 Å². The third kappa shape index (κ3) is 3.85. The van der Waals surface area contributed by atoms with Crippen LogP contribution in [0.25, 0.3) is 0 Å². The van der Waals surface area contributed by atoms with Crippen molar-refractivity contribution in [3.05, 3.63) is 58.1 Å². The molecule has 1 saturated heterocycles. The zero-order valence-corrected chi connectivity index (χ0v) is 15.4. The lowest BCUT2D eigenvalue weighted by molar-refractivity contribution is -0.126. The van der Waals surface area contributed by atoms with Crippen LogP contribution in [0.5, 0.6) is 5.75 Å². The molecule has 3 rings (SSSR count). The van der Waals surface area contributed by atoms with Crippen molar-refractivity contribution in [1.82, 2.24) is 5.32 Å². The third-order valence-electron chi connectivity index (χ3n) is 4.39. The van der Waals surface area contributed by atoms with Crippen molar-refractivity contribution in [3.63, 3.8) is 0 Å². The molecule has 0 aromatic heterocycles. The molecule has 130 valence electrons. The second kappa shape index (κ2) is 7.27. The summed E-state index contributed by atoms with van der Waals surface area (Å²) in [5.41, 5.74) is 2.50. The van der Waals surface area contributed by atoms with Gasteiger partial charge in [0.2, 0.25) is 11.8 Å². The summed E-state index contributed by atoms with van der Waals surface area (Å²) >= 11 is 3.45. The van der Waals surface area contributed by atoms with Crippen LogP contribution in [0.1, 0.15) is 17.5 Å². The molecular formula is C19H19BrN2O3. The minimum atomic E-state index is -0.387. The monoisotopic (exact) mass is 402 g/mol. The van der Waals surface area contributed by atoms with E-state index in [1.54, 1.807) is 29.2 Å². The topological polar surface area (TPSA) is 69.6 Å². The van der Waals surface area contributed by atoms with Gasteiger partial charge in [0, 0.05) is 35.2 Å². The summed E-state index contributed by atoms with van der Waals surface area (Å²) in [6.45, 7) is 2.57. The molecule has 2 aromatic carbocycles. The van der Waals surface area contributed by atoms with Crippen LogP contribution < -0.4 is 10.2 Å². The molecule has 1 atom stereocenters. The van der Waals surface area contributed by atoms with Crippen LogP contribution in [-0.4, -0.2) is 23.5 Å². The van der Waals surface area contributed by atoms with Gasteiger partial charge in [-0.2, -0.15) is 0 Å². The first-order chi connectivity index (χ1) is 12.0. The molecule has 1 heterocycles. The Morgan fingerprint density at radius 3 is 2.80 bits per heavy atom. The van der Waals surface area contributed by atoms with E-state index in [2.05, 4.69) is 21.2 Å². The summed E-state index contributed by atoms with van der Waals surface area (Å²) in [7, 11) is 0. The Morgan fingerprint density at radius 1 is 1.32 bits per heavy atom. The Kier molecular flexibility index (Phi) is 5.08. The van der Waals surface area contributed by atoms with Crippen LogP contribution in [0.2, 0.25) is 0 Å². The maximum absolute atomic E-state index is 12.4. The predicted molar refractivity (Wildman–Crippen MR) is 99.3 cm³/mol. The largest absolute Gasteiger partial charge is 0.508 e. The number of para-hydroxylation sites is 1. The van der Waals surface area contributed by atoms with Crippen molar-refractivity contribution >= 4 is 33.4 Å². The molecule has 0 saturated carbocycles. The number of aromatic hydroxyl groups is 1. The molecule has 1 aliphatic rings. The lowest BCUT2D eigenvalue weighted by atomic mass is 10.1. The van der Waals surface area contributed by atoms with Crippen LogP contribution in [0.3, 0.4) is 0 Å². The number of aryl methyl sites for hydroxylation is 1. The van der Waals surface area contributed by atoms with Gasteiger partial charge in [0.05, 0.1) is 5.92 Å². The molecule has 6 heteroatoms. The average Bonchev–Trinajstić information content (AvgIpc) is 2.98. The maximum Gasteiger partial charge on any atom is 0.227 e. The molecule has 0 aliphatic carbocycles. The summed E-state index contributed by atoms with van der Waals surface area (Å²) in [5.74, 6) is -0.461. The molecule has 0 radical (unpaired) electrons. The number of carbonyl (C=O) groups is 2. The van der Waals surface area contributed by atoms with Gasteiger partial charge in [-0.3, -0.25) is 9.59 Å². The smallest absolute Gasteiger partial charge is 0.227 e. The zero-order valence-electron chi connectivity index (χ0n) is 13.8. The number of anilines is 1. The first-order valence-electron chi connectivity index (χ1n) is 8.07. The third-order valence-corrected chi connectivity index (χ3v) is 5.28. The normalized spacial score (nSPS) is 17.0. The number of nitrogens with one attached hydrogen (secondary N) is 1. The molecule has 1 fully saturated rings. The molecule has 2 amide bonds. The summed E-state index contributed by atoms with van der Waals surface area (Å²) in [4.78, 5) is 26.4. The molecule has 25 heavy (non-hydrogen) atoms. The lowest BCUT2D eigenvalue weighted by Gasteiger charge is -2.18. The van der Waals surface area contributed by atoms with E-state index in [1.807, 2.05) is 25.1 Å². The molecule has 5 nitrogen and oxygen atoms in total. The quantitative estimate of drug-likeness (QED) is 0.824. The number of rotatable bonds is 4. The Bertz CT molecular complexity index is 822. The average molecular weight is 403 g/mol. The van der Waals surface area contributed by atoms with Crippen LogP contribution in [0.15, 0.2) is 46.9 Å². The molecule has 1 unspecified atom stereocenters. The van der Waals surface area contributed by atoms with Crippen LogP contribution >= 0.6 is 15.9 Å². The highest BCUT2D eigenvalue weighted by Gasteiger charge is 2.35. The van der Waals surface area contributed by atoms with E-state index in [4.69, 9.17) is 0 Å². The highest BCUT2D eigenvalue weighted by Crippen LogP contribution is 2.28. The van der Waals surface area contributed by atoms with Crippen molar-refractivity contribution in [2.45, 2.75) is 19.9 Å². The molecule has 1 aliphatic heterocycles. The van der Waals surface area contributed by atoms with Gasteiger partial charge >= 0.3 is 0 Å². The number of hydrogen-bond donors (Lipinski definition) is 2. The van der Waals surface area contributed by atoms with Gasteiger partial charge in [-0.15, -0.1) is 0 Å². The SMILES string of the molecule is Cc1cc(N2CC(C(=O)NCc3ccccc3O)CC2=O)ccc1Br. The van der Waals surface area contributed by atoms with E-state index in [0.717, 1.165) is 15.7 Å². The van der Waals surface area contributed by atoms with Gasteiger partial charge in [-0.1, -0.05) is 34.1 Å². The number of phenols is 1. The van der Waals surface area contributed by atoms with Crippen molar-refractivity contribution in [2.24, 2.45) is 5.92 Å². The Balaban J connectivity index is 1.64. The van der Waals surface area contributed by atoms with Crippen molar-refractivity contribution in [2.75, 3.05) is 11.4 Å². The van der Waals surface area contributed by atoms with Gasteiger partial charge in [-0.05, 0) is 36.8 Å². The summed E-state index contributed by atoms with van der Waals surface area (Å²) in [6.07, 6.45) is 0.196. The number of amides is 2. The van der Waals surface area contributed by atoms with Crippen molar-refractivity contribution < 1.29 is 14.7 Å². The second-order valence-electron chi connectivity index (χ2n) is 6.19. The molecule has 2 N–H and O–H groups in total. The van der Waals surface area contributed by atoms with Crippen molar-refractivity contribution in [1.29, 1.82) is 0 Å². The van der Waals surface area contributed by atoms with E-state index in [-0.39, 0.29) is 36.4 Å². The summed E-state index contributed by atoms with van der Waals surface area (Å²) < 4.78 is 0.986. The lowest BCUT2D eigenvalue weighted by Crippen LogP contribution is -2.32. The highest BCUT2D eigenvalue weighted by molar-refractivity contribution is 9.10. The molecular weight excluding hydrogens is 384 g/mol. The number of nitrogens with zero attached hydrogens (tertiary/aromatic N) is 1. The van der Waals surface area contributed by atoms with Gasteiger partial charge in [0.15, 0.2) is 0 Å². The van der Waals surface area contributed by atoms with Gasteiger partial charge < -0.3 is 15.3 Å².